The summed E-state index contributed by atoms with van der Waals surface area (Å²) in [5.41, 5.74) is 0.938. The number of benzene rings is 1. The Balaban J connectivity index is 2.15. The van der Waals surface area contributed by atoms with Crippen LogP contribution >= 0.6 is 0 Å². The summed E-state index contributed by atoms with van der Waals surface area (Å²) in [5, 5.41) is 2.56. The number of hydrogen-bond donors (Lipinski definition) is 1. The molecule has 0 aliphatic rings. The van der Waals surface area contributed by atoms with Gasteiger partial charge in [0.2, 0.25) is 6.41 Å². The molecule has 0 atom stereocenters. The molecular formula is C12H16N2O3. The van der Waals surface area contributed by atoms with Crippen molar-refractivity contribution in [3.63, 3.8) is 0 Å². The molecule has 0 aliphatic carbocycles. The molecule has 5 heteroatoms. The molecule has 0 aromatic heterocycles. The fourth-order valence-corrected chi connectivity index (χ4v) is 1.16. The van der Waals surface area contributed by atoms with Gasteiger partial charge in [-0.25, -0.2) is 4.79 Å². The highest BCUT2D eigenvalue weighted by atomic mass is 16.5. The van der Waals surface area contributed by atoms with Crippen LogP contribution in [0.5, 0.6) is 0 Å². The molecule has 0 bridgehead atoms. The van der Waals surface area contributed by atoms with E-state index in [-0.39, 0.29) is 6.61 Å². The maximum atomic E-state index is 11.2. The number of alkyl carbamates (subject to hydrolysis) is 1. The molecule has 1 aromatic carbocycles. The van der Waals surface area contributed by atoms with E-state index in [1.807, 2.05) is 30.3 Å². The number of nitrogens with one attached hydrogen (secondary N) is 1. The molecule has 0 heterocycles. The Kier molecular flexibility index (Phi) is 5.57. The molecule has 5 nitrogen and oxygen atoms in total. The molecular weight excluding hydrogens is 220 g/mol. The molecule has 0 unspecified atom stereocenters. The van der Waals surface area contributed by atoms with Gasteiger partial charge in [-0.3, -0.25) is 4.79 Å². The third-order valence-electron chi connectivity index (χ3n) is 2.13. The molecule has 1 rings (SSSR count). The Hall–Kier alpha value is -2.04. The number of carbonyl (C=O) groups is 2. The van der Waals surface area contributed by atoms with E-state index >= 15 is 0 Å². The van der Waals surface area contributed by atoms with E-state index in [1.54, 1.807) is 7.05 Å². The van der Waals surface area contributed by atoms with Crippen LogP contribution in [-0.2, 0) is 16.1 Å². The SMILES string of the molecule is CN(C=O)CCNC(=O)OCc1ccccc1. The summed E-state index contributed by atoms with van der Waals surface area (Å²) in [7, 11) is 1.64. The Morgan fingerprint density at radius 1 is 1.41 bits per heavy atom. The number of carbonyl (C=O) groups excluding carboxylic acids is 2. The number of likely N-dealkylation sites (N-methyl/N-ethyl adjacent to an activating group) is 1. The second kappa shape index (κ2) is 7.27. The molecule has 2 amide bonds. The average molecular weight is 236 g/mol. The van der Waals surface area contributed by atoms with Gasteiger partial charge in [-0.1, -0.05) is 30.3 Å². The zero-order chi connectivity index (χ0) is 12.5. The van der Waals surface area contributed by atoms with Crippen molar-refractivity contribution in [1.82, 2.24) is 10.2 Å². The smallest absolute Gasteiger partial charge is 0.407 e. The van der Waals surface area contributed by atoms with Gasteiger partial charge in [0.25, 0.3) is 0 Å². The van der Waals surface area contributed by atoms with Crippen LogP contribution in [0.4, 0.5) is 4.79 Å². The van der Waals surface area contributed by atoms with Crippen molar-refractivity contribution in [3.8, 4) is 0 Å². The third-order valence-corrected chi connectivity index (χ3v) is 2.13. The van der Waals surface area contributed by atoms with Crippen molar-refractivity contribution in [3.05, 3.63) is 35.9 Å². The van der Waals surface area contributed by atoms with Crippen LogP contribution in [0.3, 0.4) is 0 Å². The minimum Gasteiger partial charge on any atom is -0.445 e. The maximum Gasteiger partial charge on any atom is 0.407 e. The number of ether oxygens (including phenoxy) is 1. The van der Waals surface area contributed by atoms with Crippen molar-refractivity contribution in [2.75, 3.05) is 20.1 Å². The minimum atomic E-state index is -0.479. The summed E-state index contributed by atoms with van der Waals surface area (Å²) >= 11 is 0. The van der Waals surface area contributed by atoms with Crippen LogP contribution in [0.15, 0.2) is 30.3 Å². The van der Waals surface area contributed by atoms with Crippen LogP contribution in [-0.4, -0.2) is 37.5 Å². The number of rotatable bonds is 6. The van der Waals surface area contributed by atoms with Gasteiger partial charge in [0.05, 0.1) is 0 Å². The summed E-state index contributed by atoms with van der Waals surface area (Å²) < 4.78 is 4.99. The fourth-order valence-electron chi connectivity index (χ4n) is 1.16. The van der Waals surface area contributed by atoms with Gasteiger partial charge in [-0.2, -0.15) is 0 Å². The number of hydrogen-bond acceptors (Lipinski definition) is 3. The van der Waals surface area contributed by atoms with Crippen molar-refractivity contribution in [2.45, 2.75) is 6.61 Å². The monoisotopic (exact) mass is 236 g/mol. The Morgan fingerprint density at radius 3 is 2.76 bits per heavy atom. The molecule has 0 fully saturated rings. The lowest BCUT2D eigenvalue weighted by atomic mass is 10.2. The second-order valence-electron chi connectivity index (χ2n) is 3.57. The highest BCUT2D eigenvalue weighted by Crippen LogP contribution is 2.00. The predicted octanol–water partition coefficient (Wildman–Crippen LogP) is 1.00. The first kappa shape index (κ1) is 13.0. The van der Waals surface area contributed by atoms with Crippen LogP contribution in [0.25, 0.3) is 0 Å². The average Bonchev–Trinajstić information content (AvgIpc) is 2.37. The van der Waals surface area contributed by atoms with Crippen LogP contribution in [0, 0.1) is 0 Å². The lowest BCUT2D eigenvalue weighted by molar-refractivity contribution is -0.116. The molecule has 17 heavy (non-hydrogen) atoms. The van der Waals surface area contributed by atoms with Crippen LogP contribution in [0.2, 0.25) is 0 Å². The summed E-state index contributed by atoms with van der Waals surface area (Å²) in [6, 6.07) is 9.44. The Morgan fingerprint density at radius 2 is 2.12 bits per heavy atom. The largest absolute Gasteiger partial charge is 0.445 e. The molecule has 0 radical (unpaired) electrons. The quantitative estimate of drug-likeness (QED) is 0.750. The lowest BCUT2D eigenvalue weighted by Gasteiger charge is -2.11. The normalized spacial score (nSPS) is 9.47. The van der Waals surface area contributed by atoms with Gasteiger partial charge in [0.15, 0.2) is 0 Å². The summed E-state index contributed by atoms with van der Waals surface area (Å²) in [5.74, 6) is 0. The van der Waals surface area contributed by atoms with E-state index in [2.05, 4.69) is 5.32 Å². The highest BCUT2D eigenvalue weighted by Gasteiger charge is 2.02. The highest BCUT2D eigenvalue weighted by molar-refractivity contribution is 5.67. The van der Waals surface area contributed by atoms with Crippen LogP contribution < -0.4 is 5.32 Å². The van der Waals surface area contributed by atoms with Crippen molar-refractivity contribution in [2.24, 2.45) is 0 Å². The van der Waals surface area contributed by atoms with Crippen molar-refractivity contribution < 1.29 is 14.3 Å². The molecule has 92 valence electrons. The van der Waals surface area contributed by atoms with Gasteiger partial charge in [0, 0.05) is 20.1 Å². The summed E-state index contributed by atoms with van der Waals surface area (Å²) in [6.45, 7) is 1.09. The van der Waals surface area contributed by atoms with Gasteiger partial charge in [0.1, 0.15) is 6.61 Å². The Labute approximate surface area is 100 Å². The fraction of sp³-hybridized carbons (Fsp3) is 0.333. The van der Waals surface area contributed by atoms with Gasteiger partial charge in [-0.15, -0.1) is 0 Å². The van der Waals surface area contributed by atoms with Crippen LogP contribution in [0.1, 0.15) is 5.56 Å². The zero-order valence-electron chi connectivity index (χ0n) is 9.76. The number of amides is 2. The van der Waals surface area contributed by atoms with Crippen molar-refractivity contribution in [1.29, 1.82) is 0 Å². The molecule has 0 saturated carbocycles. The first-order chi connectivity index (χ1) is 8.22. The standard InChI is InChI=1S/C12H16N2O3/c1-14(10-15)8-7-13-12(16)17-9-11-5-3-2-4-6-11/h2-6,10H,7-9H2,1H3,(H,13,16). The lowest BCUT2D eigenvalue weighted by Crippen LogP contribution is -2.32. The van der Waals surface area contributed by atoms with E-state index in [4.69, 9.17) is 4.74 Å². The molecule has 1 aromatic rings. The first-order valence-corrected chi connectivity index (χ1v) is 5.32. The summed E-state index contributed by atoms with van der Waals surface area (Å²) in [6.07, 6.45) is 0.227. The Bertz CT molecular complexity index is 354. The minimum absolute atomic E-state index is 0.246. The van der Waals surface area contributed by atoms with E-state index in [9.17, 15) is 9.59 Å². The van der Waals surface area contributed by atoms with E-state index in [0.717, 1.165) is 5.56 Å². The van der Waals surface area contributed by atoms with E-state index < -0.39 is 6.09 Å². The third kappa shape index (κ3) is 5.55. The molecule has 0 spiro atoms. The topological polar surface area (TPSA) is 58.6 Å². The number of nitrogens with zero attached hydrogens (tertiary/aromatic N) is 1. The molecule has 0 aliphatic heterocycles. The van der Waals surface area contributed by atoms with Gasteiger partial charge in [-0.05, 0) is 5.56 Å². The summed E-state index contributed by atoms with van der Waals surface area (Å²) in [4.78, 5) is 23.0. The van der Waals surface area contributed by atoms with Crippen molar-refractivity contribution >= 4 is 12.5 Å². The molecule has 1 N–H and O–H groups in total. The zero-order valence-corrected chi connectivity index (χ0v) is 9.76. The van der Waals surface area contributed by atoms with Gasteiger partial charge < -0.3 is 15.0 Å². The molecule has 0 saturated heterocycles. The predicted molar refractivity (Wildman–Crippen MR) is 63.3 cm³/mol. The first-order valence-electron chi connectivity index (χ1n) is 5.32. The maximum absolute atomic E-state index is 11.2. The second-order valence-corrected chi connectivity index (χ2v) is 3.57. The van der Waals surface area contributed by atoms with E-state index in [1.165, 1.54) is 4.90 Å². The van der Waals surface area contributed by atoms with Gasteiger partial charge >= 0.3 is 6.09 Å². The van der Waals surface area contributed by atoms with E-state index in [0.29, 0.717) is 19.5 Å².